The van der Waals surface area contributed by atoms with E-state index in [-0.39, 0.29) is 0 Å². The third kappa shape index (κ3) is 2.59. The van der Waals surface area contributed by atoms with Gasteiger partial charge in [-0.25, -0.2) is 4.98 Å². The van der Waals surface area contributed by atoms with Crippen molar-refractivity contribution in [2.45, 2.75) is 13.0 Å². The zero-order valence-corrected chi connectivity index (χ0v) is 9.76. The van der Waals surface area contributed by atoms with Crippen molar-refractivity contribution >= 4 is 22.9 Å². The number of halogens is 1. The third-order valence-corrected chi connectivity index (χ3v) is 3.34. The second-order valence-electron chi connectivity index (χ2n) is 3.22. The number of aromatic nitrogens is 2. The number of nitrogens with zero attached hydrogens (tertiary/aromatic N) is 2. The molecular formula is C10H12ClN3S. The Balaban J connectivity index is 2.13. The van der Waals surface area contributed by atoms with E-state index in [4.69, 9.17) is 17.3 Å². The Morgan fingerprint density at radius 2 is 2.33 bits per heavy atom. The van der Waals surface area contributed by atoms with Crippen molar-refractivity contribution in [2.75, 3.05) is 6.54 Å². The van der Waals surface area contributed by atoms with Crippen LogP contribution in [-0.2, 0) is 13.0 Å². The largest absolute Gasteiger partial charge is 0.330 e. The van der Waals surface area contributed by atoms with Crippen LogP contribution in [0.4, 0.5) is 0 Å². The molecule has 0 aliphatic carbocycles. The standard InChI is InChI=1S/C10H12ClN3S/c11-9-2-1-8(15-9)7-14-6-5-13-10(14)3-4-12/h1-2,5-6H,3-4,7,12H2. The van der Waals surface area contributed by atoms with Gasteiger partial charge >= 0.3 is 0 Å². The summed E-state index contributed by atoms with van der Waals surface area (Å²) in [6.45, 7) is 1.45. The van der Waals surface area contributed by atoms with Crippen LogP contribution in [0.2, 0.25) is 4.34 Å². The Morgan fingerprint density at radius 1 is 1.47 bits per heavy atom. The molecule has 2 rings (SSSR count). The number of imidazole rings is 1. The van der Waals surface area contributed by atoms with E-state index in [1.807, 2.05) is 18.3 Å². The van der Waals surface area contributed by atoms with Gasteiger partial charge in [-0.1, -0.05) is 11.6 Å². The normalized spacial score (nSPS) is 10.8. The molecule has 0 aliphatic rings. The Hall–Kier alpha value is -0.840. The quantitative estimate of drug-likeness (QED) is 0.892. The van der Waals surface area contributed by atoms with Gasteiger partial charge < -0.3 is 10.3 Å². The first-order valence-corrected chi connectivity index (χ1v) is 5.93. The molecule has 0 bridgehead atoms. The Bertz CT molecular complexity index is 435. The molecule has 3 nitrogen and oxygen atoms in total. The molecule has 0 unspecified atom stereocenters. The summed E-state index contributed by atoms with van der Waals surface area (Å²) in [5.41, 5.74) is 5.51. The zero-order chi connectivity index (χ0) is 10.7. The van der Waals surface area contributed by atoms with E-state index < -0.39 is 0 Å². The van der Waals surface area contributed by atoms with Crippen molar-refractivity contribution in [2.24, 2.45) is 5.73 Å². The first-order chi connectivity index (χ1) is 7.29. The van der Waals surface area contributed by atoms with E-state index in [1.54, 1.807) is 17.5 Å². The first kappa shape index (κ1) is 10.7. The summed E-state index contributed by atoms with van der Waals surface area (Å²) in [5.74, 6) is 1.03. The molecule has 0 saturated carbocycles. The van der Waals surface area contributed by atoms with Gasteiger partial charge in [-0.3, -0.25) is 0 Å². The molecule has 2 heterocycles. The highest BCUT2D eigenvalue weighted by molar-refractivity contribution is 7.16. The summed E-state index contributed by atoms with van der Waals surface area (Å²) in [6, 6.07) is 3.96. The molecule has 2 N–H and O–H groups in total. The third-order valence-electron chi connectivity index (χ3n) is 2.12. The van der Waals surface area contributed by atoms with Crippen molar-refractivity contribution < 1.29 is 0 Å². The first-order valence-electron chi connectivity index (χ1n) is 4.74. The van der Waals surface area contributed by atoms with E-state index in [1.165, 1.54) is 4.88 Å². The van der Waals surface area contributed by atoms with Gasteiger partial charge in [-0.15, -0.1) is 11.3 Å². The molecule has 2 aromatic rings. The van der Waals surface area contributed by atoms with Crippen molar-refractivity contribution in [3.05, 3.63) is 39.6 Å². The number of nitrogens with two attached hydrogens (primary N) is 1. The molecule has 0 radical (unpaired) electrons. The van der Waals surface area contributed by atoms with Gasteiger partial charge in [0, 0.05) is 23.7 Å². The van der Waals surface area contributed by atoms with E-state index in [9.17, 15) is 0 Å². The predicted octanol–water partition coefficient (Wildman–Crippen LogP) is 2.15. The van der Waals surface area contributed by atoms with Gasteiger partial charge in [-0.2, -0.15) is 0 Å². The van der Waals surface area contributed by atoms with Gasteiger partial charge in [-0.05, 0) is 18.7 Å². The highest BCUT2D eigenvalue weighted by atomic mass is 35.5. The van der Waals surface area contributed by atoms with Gasteiger partial charge in [0.1, 0.15) is 5.82 Å². The predicted molar refractivity (Wildman–Crippen MR) is 63.4 cm³/mol. The fourth-order valence-corrected chi connectivity index (χ4v) is 2.53. The van der Waals surface area contributed by atoms with Crippen LogP contribution in [0.5, 0.6) is 0 Å². The number of rotatable bonds is 4. The maximum atomic E-state index is 5.88. The van der Waals surface area contributed by atoms with Gasteiger partial charge in [0.25, 0.3) is 0 Å². The minimum absolute atomic E-state index is 0.627. The van der Waals surface area contributed by atoms with Crippen molar-refractivity contribution in [1.82, 2.24) is 9.55 Å². The van der Waals surface area contributed by atoms with Crippen LogP contribution in [0, 0.1) is 0 Å². The molecule has 5 heteroatoms. The maximum Gasteiger partial charge on any atom is 0.110 e. The molecule has 0 amide bonds. The summed E-state index contributed by atoms with van der Waals surface area (Å²) in [5, 5.41) is 0. The Morgan fingerprint density at radius 3 is 3.00 bits per heavy atom. The fraction of sp³-hybridized carbons (Fsp3) is 0.300. The summed E-state index contributed by atoms with van der Waals surface area (Å²) < 4.78 is 2.93. The molecule has 15 heavy (non-hydrogen) atoms. The van der Waals surface area contributed by atoms with E-state index in [2.05, 4.69) is 9.55 Å². The Kier molecular flexibility index (Phi) is 3.41. The minimum atomic E-state index is 0.627. The van der Waals surface area contributed by atoms with Crippen LogP contribution in [0.1, 0.15) is 10.7 Å². The monoisotopic (exact) mass is 241 g/mol. The summed E-state index contributed by atoms with van der Waals surface area (Å²) >= 11 is 7.47. The molecule has 2 aromatic heterocycles. The van der Waals surface area contributed by atoms with Crippen LogP contribution in [-0.4, -0.2) is 16.1 Å². The SMILES string of the molecule is NCCc1nccn1Cc1ccc(Cl)s1. The van der Waals surface area contributed by atoms with Crippen LogP contribution in [0.25, 0.3) is 0 Å². The average molecular weight is 242 g/mol. The number of thiophene rings is 1. The van der Waals surface area contributed by atoms with Crippen molar-refractivity contribution in [1.29, 1.82) is 0 Å². The van der Waals surface area contributed by atoms with Gasteiger partial charge in [0.15, 0.2) is 0 Å². The lowest BCUT2D eigenvalue weighted by Crippen LogP contribution is -2.09. The van der Waals surface area contributed by atoms with E-state index >= 15 is 0 Å². The molecule has 80 valence electrons. The van der Waals surface area contributed by atoms with Crippen LogP contribution < -0.4 is 5.73 Å². The van der Waals surface area contributed by atoms with E-state index in [0.717, 1.165) is 23.1 Å². The molecular weight excluding hydrogens is 230 g/mol. The number of hydrogen-bond acceptors (Lipinski definition) is 3. The lowest BCUT2D eigenvalue weighted by atomic mass is 10.4. The smallest absolute Gasteiger partial charge is 0.110 e. The lowest BCUT2D eigenvalue weighted by Gasteiger charge is -2.04. The minimum Gasteiger partial charge on any atom is -0.330 e. The highest BCUT2D eigenvalue weighted by Crippen LogP contribution is 2.22. The molecule has 0 aliphatic heterocycles. The van der Waals surface area contributed by atoms with E-state index in [0.29, 0.717) is 6.54 Å². The van der Waals surface area contributed by atoms with Crippen molar-refractivity contribution in [3.8, 4) is 0 Å². The maximum absolute atomic E-state index is 5.88. The molecule has 0 fully saturated rings. The second kappa shape index (κ2) is 4.79. The fourth-order valence-electron chi connectivity index (χ4n) is 1.45. The molecule has 0 aromatic carbocycles. The summed E-state index contributed by atoms with van der Waals surface area (Å²) in [4.78, 5) is 5.50. The molecule has 0 spiro atoms. The topological polar surface area (TPSA) is 43.8 Å². The molecule has 0 atom stereocenters. The summed E-state index contributed by atoms with van der Waals surface area (Å²) in [6.07, 6.45) is 4.59. The van der Waals surface area contributed by atoms with Crippen molar-refractivity contribution in [3.63, 3.8) is 0 Å². The van der Waals surface area contributed by atoms with Crippen LogP contribution in [0.15, 0.2) is 24.5 Å². The van der Waals surface area contributed by atoms with Gasteiger partial charge in [0.2, 0.25) is 0 Å². The lowest BCUT2D eigenvalue weighted by molar-refractivity contribution is 0.723. The van der Waals surface area contributed by atoms with Gasteiger partial charge in [0.05, 0.1) is 10.9 Å². The molecule has 0 saturated heterocycles. The Labute approximate surface area is 97.5 Å². The zero-order valence-electron chi connectivity index (χ0n) is 8.19. The average Bonchev–Trinajstić information content (AvgIpc) is 2.78. The van der Waals surface area contributed by atoms with Crippen LogP contribution in [0.3, 0.4) is 0 Å². The summed E-state index contributed by atoms with van der Waals surface area (Å²) in [7, 11) is 0. The number of hydrogen-bond donors (Lipinski definition) is 1. The second-order valence-corrected chi connectivity index (χ2v) is 5.02. The van der Waals surface area contributed by atoms with Crippen LogP contribution >= 0.6 is 22.9 Å². The highest BCUT2D eigenvalue weighted by Gasteiger charge is 2.04.